The number of amides is 1. The zero-order valence-corrected chi connectivity index (χ0v) is 15.7. The van der Waals surface area contributed by atoms with Crippen LogP contribution in [0.5, 0.6) is 0 Å². The molecule has 8 heteroatoms. The van der Waals surface area contributed by atoms with Crippen LogP contribution >= 0.6 is 23.2 Å². The van der Waals surface area contributed by atoms with E-state index >= 15 is 0 Å². The van der Waals surface area contributed by atoms with E-state index in [9.17, 15) is 4.79 Å². The van der Waals surface area contributed by atoms with E-state index in [0.717, 1.165) is 32.1 Å². The number of anilines is 1. The number of hydrogen-bond donors (Lipinski definition) is 2. The molecule has 0 saturated heterocycles. The summed E-state index contributed by atoms with van der Waals surface area (Å²) in [6.07, 6.45) is 5.90. The van der Waals surface area contributed by atoms with Gasteiger partial charge in [-0.15, -0.1) is 0 Å². The normalized spacial score (nSPS) is 21.7. The Morgan fingerprint density at radius 2 is 1.92 bits per heavy atom. The maximum absolute atomic E-state index is 12.0. The molecule has 24 heavy (non-hydrogen) atoms. The Bertz CT molecular complexity index is 578. The van der Waals surface area contributed by atoms with Gasteiger partial charge in [-0.05, 0) is 51.6 Å². The summed E-state index contributed by atoms with van der Waals surface area (Å²) in [5.74, 6) is 0.527. The first kappa shape index (κ1) is 19.1. The molecule has 134 valence electrons. The maximum atomic E-state index is 12.0. The van der Waals surface area contributed by atoms with E-state index in [0.29, 0.717) is 10.8 Å². The van der Waals surface area contributed by atoms with Gasteiger partial charge in [0, 0.05) is 12.1 Å². The standard InChI is InChI=1S/C16H24Cl2N4O2/c1-16(2,3)24-15(23)21-11-7-5-4-6-10(8-11)20-13-12(17)9-19-14(18)22-13/h9-11H,4-8H2,1-3H3,(H,21,23)(H,19,20,22)/t10-,11+/m0/s1. The fourth-order valence-electron chi connectivity index (χ4n) is 2.74. The van der Waals surface area contributed by atoms with Gasteiger partial charge in [0.2, 0.25) is 5.28 Å². The number of rotatable bonds is 3. The Labute approximate surface area is 152 Å². The van der Waals surface area contributed by atoms with Crippen LogP contribution in [0.4, 0.5) is 10.6 Å². The number of nitrogens with zero attached hydrogens (tertiary/aromatic N) is 2. The second-order valence-corrected chi connectivity index (χ2v) is 7.79. The zero-order chi connectivity index (χ0) is 17.7. The fraction of sp³-hybridized carbons (Fsp3) is 0.688. The Hall–Kier alpha value is -1.27. The number of aromatic nitrogens is 2. The number of nitrogens with one attached hydrogen (secondary N) is 2. The highest BCUT2D eigenvalue weighted by Gasteiger charge is 2.25. The van der Waals surface area contributed by atoms with Crippen LogP contribution in [0.3, 0.4) is 0 Å². The lowest BCUT2D eigenvalue weighted by Crippen LogP contribution is -2.41. The lowest BCUT2D eigenvalue weighted by molar-refractivity contribution is 0.0499. The first-order valence-corrected chi connectivity index (χ1v) is 8.92. The van der Waals surface area contributed by atoms with E-state index in [2.05, 4.69) is 20.6 Å². The number of carbonyl (C=O) groups is 1. The van der Waals surface area contributed by atoms with E-state index in [1.165, 1.54) is 6.20 Å². The van der Waals surface area contributed by atoms with Crippen LogP contribution in [0.15, 0.2) is 6.20 Å². The third-order valence-corrected chi connectivity index (χ3v) is 4.16. The average Bonchev–Trinajstić information content (AvgIpc) is 2.66. The van der Waals surface area contributed by atoms with Crippen molar-refractivity contribution >= 4 is 35.1 Å². The molecule has 1 heterocycles. The van der Waals surface area contributed by atoms with Crippen LogP contribution < -0.4 is 10.6 Å². The molecule has 0 unspecified atom stereocenters. The molecule has 0 aromatic carbocycles. The number of halogens is 2. The second kappa shape index (κ2) is 8.21. The van der Waals surface area contributed by atoms with Crippen molar-refractivity contribution < 1.29 is 9.53 Å². The Morgan fingerprint density at radius 1 is 1.25 bits per heavy atom. The minimum absolute atomic E-state index is 0.0518. The third kappa shape index (κ3) is 6.32. The lowest BCUT2D eigenvalue weighted by Gasteiger charge is -2.25. The highest BCUT2D eigenvalue weighted by atomic mass is 35.5. The smallest absolute Gasteiger partial charge is 0.407 e. The van der Waals surface area contributed by atoms with Gasteiger partial charge in [-0.3, -0.25) is 0 Å². The second-order valence-electron chi connectivity index (χ2n) is 7.04. The first-order chi connectivity index (χ1) is 11.2. The summed E-state index contributed by atoms with van der Waals surface area (Å²) in [5, 5.41) is 6.87. The summed E-state index contributed by atoms with van der Waals surface area (Å²) in [6.45, 7) is 5.56. The van der Waals surface area contributed by atoms with Crippen molar-refractivity contribution in [3.63, 3.8) is 0 Å². The van der Waals surface area contributed by atoms with E-state index in [1.807, 2.05) is 20.8 Å². The maximum Gasteiger partial charge on any atom is 0.407 e. The molecule has 1 aromatic heterocycles. The predicted molar refractivity (Wildman–Crippen MR) is 95.7 cm³/mol. The molecule has 2 atom stereocenters. The van der Waals surface area contributed by atoms with Gasteiger partial charge in [0.1, 0.15) is 16.4 Å². The lowest BCUT2D eigenvalue weighted by atomic mass is 10.1. The molecule has 0 aliphatic heterocycles. The highest BCUT2D eigenvalue weighted by Crippen LogP contribution is 2.25. The third-order valence-electron chi connectivity index (χ3n) is 3.70. The summed E-state index contributed by atoms with van der Waals surface area (Å²) >= 11 is 11.9. The summed E-state index contributed by atoms with van der Waals surface area (Å²) in [5.41, 5.74) is -0.502. The van der Waals surface area contributed by atoms with Crippen LogP contribution in [0, 0.1) is 0 Å². The van der Waals surface area contributed by atoms with Crippen molar-refractivity contribution in [3.8, 4) is 0 Å². The number of hydrogen-bond acceptors (Lipinski definition) is 5. The SMILES string of the molecule is CC(C)(C)OC(=O)N[C@@H]1CCCC[C@H](Nc2nc(Cl)ncc2Cl)C1. The molecule has 1 amide bonds. The molecular weight excluding hydrogens is 351 g/mol. The fourth-order valence-corrected chi connectivity index (χ4v) is 3.02. The molecule has 0 spiro atoms. The molecular formula is C16H24Cl2N4O2. The predicted octanol–water partition coefficient (Wildman–Crippen LogP) is 4.42. The zero-order valence-electron chi connectivity index (χ0n) is 14.2. The molecule has 1 aromatic rings. The average molecular weight is 375 g/mol. The summed E-state index contributed by atoms with van der Waals surface area (Å²) in [7, 11) is 0. The summed E-state index contributed by atoms with van der Waals surface area (Å²) in [4.78, 5) is 20.0. The highest BCUT2D eigenvalue weighted by molar-refractivity contribution is 6.33. The van der Waals surface area contributed by atoms with Gasteiger partial charge in [0.05, 0.1) is 6.20 Å². The van der Waals surface area contributed by atoms with Crippen LogP contribution in [0.2, 0.25) is 10.3 Å². The van der Waals surface area contributed by atoms with E-state index in [-0.39, 0.29) is 23.5 Å². The molecule has 2 N–H and O–H groups in total. The molecule has 0 bridgehead atoms. The Kier molecular flexibility index (Phi) is 6.52. The number of alkyl carbamates (subject to hydrolysis) is 1. The largest absolute Gasteiger partial charge is 0.444 e. The quantitative estimate of drug-likeness (QED) is 0.604. The molecule has 1 fully saturated rings. The van der Waals surface area contributed by atoms with Gasteiger partial charge in [0.25, 0.3) is 0 Å². The van der Waals surface area contributed by atoms with Crippen molar-refractivity contribution in [2.45, 2.75) is 70.6 Å². The molecule has 6 nitrogen and oxygen atoms in total. The minimum Gasteiger partial charge on any atom is -0.444 e. The van der Waals surface area contributed by atoms with Crippen molar-refractivity contribution in [2.24, 2.45) is 0 Å². The van der Waals surface area contributed by atoms with Gasteiger partial charge in [0.15, 0.2) is 0 Å². The molecule has 1 aliphatic rings. The first-order valence-electron chi connectivity index (χ1n) is 8.17. The van der Waals surface area contributed by atoms with Crippen molar-refractivity contribution in [3.05, 3.63) is 16.5 Å². The van der Waals surface area contributed by atoms with Crippen LogP contribution in [0.1, 0.15) is 52.9 Å². The van der Waals surface area contributed by atoms with Gasteiger partial charge in [-0.25, -0.2) is 9.78 Å². The summed E-state index contributed by atoms with van der Waals surface area (Å²) in [6, 6.07) is 0.201. The van der Waals surface area contributed by atoms with Crippen LogP contribution in [-0.2, 0) is 4.74 Å². The Balaban J connectivity index is 1.96. The van der Waals surface area contributed by atoms with E-state index in [1.54, 1.807) is 0 Å². The summed E-state index contributed by atoms with van der Waals surface area (Å²) < 4.78 is 5.34. The molecule has 0 radical (unpaired) electrons. The van der Waals surface area contributed by atoms with E-state index < -0.39 is 5.60 Å². The van der Waals surface area contributed by atoms with Crippen LogP contribution in [0.25, 0.3) is 0 Å². The molecule has 1 saturated carbocycles. The molecule has 2 rings (SSSR count). The van der Waals surface area contributed by atoms with Crippen molar-refractivity contribution in [1.82, 2.24) is 15.3 Å². The van der Waals surface area contributed by atoms with Gasteiger partial charge < -0.3 is 15.4 Å². The molecule has 1 aliphatic carbocycles. The topological polar surface area (TPSA) is 76.1 Å². The van der Waals surface area contributed by atoms with Crippen molar-refractivity contribution in [2.75, 3.05) is 5.32 Å². The van der Waals surface area contributed by atoms with Gasteiger partial charge >= 0.3 is 6.09 Å². The van der Waals surface area contributed by atoms with Gasteiger partial charge in [-0.1, -0.05) is 24.4 Å². The van der Waals surface area contributed by atoms with Crippen molar-refractivity contribution in [1.29, 1.82) is 0 Å². The number of ether oxygens (including phenoxy) is 1. The van der Waals surface area contributed by atoms with Gasteiger partial charge in [-0.2, -0.15) is 4.98 Å². The number of carbonyl (C=O) groups excluding carboxylic acids is 1. The Morgan fingerprint density at radius 3 is 2.58 bits per heavy atom. The van der Waals surface area contributed by atoms with E-state index in [4.69, 9.17) is 27.9 Å². The van der Waals surface area contributed by atoms with Crippen LogP contribution in [-0.4, -0.2) is 33.7 Å². The monoisotopic (exact) mass is 374 g/mol. The minimum atomic E-state index is -0.502.